The van der Waals surface area contributed by atoms with Gasteiger partial charge in [-0.1, -0.05) is 19.9 Å². The first-order chi connectivity index (χ1) is 9.90. The Morgan fingerprint density at radius 1 is 1.48 bits per heavy atom. The highest BCUT2D eigenvalue weighted by Gasteiger charge is 2.39. The summed E-state index contributed by atoms with van der Waals surface area (Å²) in [5.74, 6) is -0.901. The molecule has 6 nitrogen and oxygen atoms in total. The SMILES string of the molecule is CC(C)C(NC(=O)N1C[C@H](O)C[C@H]1C(=O)O)c1cccs1. The van der Waals surface area contributed by atoms with E-state index in [1.165, 1.54) is 4.90 Å². The molecule has 2 heterocycles. The van der Waals surface area contributed by atoms with Gasteiger partial charge < -0.3 is 20.4 Å². The molecule has 0 radical (unpaired) electrons. The molecule has 1 aromatic rings. The highest BCUT2D eigenvalue weighted by Crippen LogP contribution is 2.27. The molecule has 1 fully saturated rings. The van der Waals surface area contributed by atoms with Crippen molar-refractivity contribution in [2.75, 3.05) is 6.54 Å². The number of nitrogens with one attached hydrogen (secondary N) is 1. The van der Waals surface area contributed by atoms with Crippen LogP contribution in [0.3, 0.4) is 0 Å². The zero-order valence-corrected chi connectivity index (χ0v) is 12.8. The van der Waals surface area contributed by atoms with E-state index in [1.54, 1.807) is 11.3 Å². The van der Waals surface area contributed by atoms with E-state index in [0.29, 0.717) is 0 Å². The topological polar surface area (TPSA) is 89.9 Å². The van der Waals surface area contributed by atoms with E-state index in [1.807, 2.05) is 31.4 Å². The molecule has 1 aliphatic rings. The Bertz CT molecular complexity index is 503. The number of nitrogens with zero attached hydrogens (tertiary/aromatic N) is 1. The predicted octanol–water partition coefficient (Wildman–Crippen LogP) is 1.67. The van der Waals surface area contributed by atoms with Crippen LogP contribution in [0.1, 0.15) is 31.2 Å². The molecule has 2 amide bonds. The van der Waals surface area contributed by atoms with Gasteiger partial charge in [-0.05, 0) is 17.4 Å². The third-order valence-electron chi connectivity index (χ3n) is 3.62. The Balaban J connectivity index is 2.10. The normalized spacial score (nSPS) is 23.3. The lowest BCUT2D eigenvalue weighted by Gasteiger charge is -2.27. The third kappa shape index (κ3) is 3.54. The molecule has 7 heteroatoms. The van der Waals surface area contributed by atoms with Gasteiger partial charge in [-0.25, -0.2) is 9.59 Å². The fourth-order valence-electron chi connectivity index (χ4n) is 2.52. The molecule has 1 aliphatic heterocycles. The van der Waals surface area contributed by atoms with Crippen LogP contribution in [0.2, 0.25) is 0 Å². The molecule has 3 atom stereocenters. The van der Waals surface area contributed by atoms with Crippen molar-refractivity contribution in [3.8, 4) is 0 Å². The Hall–Kier alpha value is -1.60. The van der Waals surface area contributed by atoms with Crippen LogP contribution in [0.4, 0.5) is 4.79 Å². The number of amides is 2. The second-order valence-corrected chi connectivity index (χ2v) is 6.56. The average Bonchev–Trinajstić information content (AvgIpc) is 3.04. The number of hydrogen-bond acceptors (Lipinski definition) is 4. The number of urea groups is 1. The van der Waals surface area contributed by atoms with Crippen LogP contribution in [-0.2, 0) is 4.79 Å². The van der Waals surface area contributed by atoms with Crippen molar-refractivity contribution in [1.29, 1.82) is 0 Å². The van der Waals surface area contributed by atoms with Crippen LogP contribution >= 0.6 is 11.3 Å². The molecule has 3 N–H and O–H groups in total. The number of aliphatic hydroxyl groups is 1. The van der Waals surface area contributed by atoms with Crippen molar-refractivity contribution in [1.82, 2.24) is 10.2 Å². The minimum absolute atomic E-state index is 0.0536. The lowest BCUT2D eigenvalue weighted by molar-refractivity contribution is -0.141. The molecule has 0 aliphatic carbocycles. The Morgan fingerprint density at radius 3 is 2.71 bits per heavy atom. The molecule has 1 unspecified atom stereocenters. The number of carboxylic acids is 1. The number of aliphatic carboxylic acids is 1. The van der Waals surface area contributed by atoms with Gasteiger partial charge in [0.25, 0.3) is 0 Å². The van der Waals surface area contributed by atoms with Gasteiger partial charge in [-0.2, -0.15) is 0 Å². The summed E-state index contributed by atoms with van der Waals surface area (Å²) in [7, 11) is 0. The molecule has 0 bridgehead atoms. The van der Waals surface area contributed by atoms with Crippen LogP contribution < -0.4 is 5.32 Å². The van der Waals surface area contributed by atoms with E-state index in [2.05, 4.69) is 5.32 Å². The number of thiophene rings is 1. The number of hydrogen-bond donors (Lipinski definition) is 3. The number of likely N-dealkylation sites (tertiary alicyclic amines) is 1. The van der Waals surface area contributed by atoms with Gasteiger partial charge in [-0.15, -0.1) is 11.3 Å². The maximum absolute atomic E-state index is 12.4. The highest BCUT2D eigenvalue weighted by atomic mass is 32.1. The van der Waals surface area contributed by atoms with Crippen molar-refractivity contribution in [2.24, 2.45) is 5.92 Å². The van der Waals surface area contributed by atoms with E-state index < -0.39 is 24.1 Å². The fourth-order valence-corrected chi connectivity index (χ4v) is 3.47. The maximum Gasteiger partial charge on any atom is 0.326 e. The van der Waals surface area contributed by atoms with Crippen molar-refractivity contribution in [2.45, 2.75) is 38.5 Å². The van der Waals surface area contributed by atoms with Gasteiger partial charge in [0, 0.05) is 17.8 Å². The highest BCUT2D eigenvalue weighted by molar-refractivity contribution is 7.10. The van der Waals surface area contributed by atoms with E-state index in [0.717, 1.165) is 4.88 Å². The summed E-state index contributed by atoms with van der Waals surface area (Å²) in [6.07, 6.45) is -0.704. The number of carbonyl (C=O) groups excluding carboxylic acids is 1. The minimum Gasteiger partial charge on any atom is -0.480 e. The molecule has 21 heavy (non-hydrogen) atoms. The van der Waals surface area contributed by atoms with Gasteiger partial charge in [0.1, 0.15) is 6.04 Å². The summed E-state index contributed by atoms with van der Waals surface area (Å²) in [6, 6.07) is 2.30. The molecule has 0 spiro atoms. The van der Waals surface area contributed by atoms with Gasteiger partial charge in [0.05, 0.1) is 12.1 Å². The Morgan fingerprint density at radius 2 is 2.19 bits per heavy atom. The van der Waals surface area contributed by atoms with Crippen molar-refractivity contribution < 1.29 is 19.8 Å². The molecule has 1 saturated heterocycles. The smallest absolute Gasteiger partial charge is 0.326 e. The van der Waals surface area contributed by atoms with Crippen LogP contribution in [0.5, 0.6) is 0 Å². The van der Waals surface area contributed by atoms with Gasteiger partial charge in [0.2, 0.25) is 0 Å². The molecule has 1 aromatic heterocycles. The fraction of sp³-hybridized carbons (Fsp3) is 0.571. The summed E-state index contributed by atoms with van der Waals surface area (Å²) < 4.78 is 0. The molecule has 116 valence electrons. The van der Waals surface area contributed by atoms with Gasteiger partial charge in [0.15, 0.2) is 0 Å². The first-order valence-electron chi connectivity index (χ1n) is 6.91. The van der Waals surface area contributed by atoms with E-state index in [-0.39, 0.29) is 24.9 Å². The van der Waals surface area contributed by atoms with Gasteiger partial charge >= 0.3 is 12.0 Å². The third-order valence-corrected chi connectivity index (χ3v) is 4.58. The van der Waals surface area contributed by atoms with Crippen molar-refractivity contribution in [3.05, 3.63) is 22.4 Å². The minimum atomic E-state index is -1.08. The first kappa shape index (κ1) is 15.8. The summed E-state index contributed by atoms with van der Waals surface area (Å²) in [5, 5.41) is 23.6. The van der Waals surface area contributed by atoms with Gasteiger partial charge in [-0.3, -0.25) is 0 Å². The largest absolute Gasteiger partial charge is 0.480 e. The zero-order chi connectivity index (χ0) is 15.6. The van der Waals surface area contributed by atoms with Crippen molar-refractivity contribution >= 4 is 23.3 Å². The first-order valence-corrected chi connectivity index (χ1v) is 7.79. The predicted molar refractivity (Wildman–Crippen MR) is 79.2 cm³/mol. The second-order valence-electron chi connectivity index (χ2n) is 5.58. The second kappa shape index (κ2) is 6.44. The lowest BCUT2D eigenvalue weighted by atomic mass is 10.0. The monoisotopic (exact) mass is 312 g/mol. The van der Waals surface area contributed by atoms with E-state index in [4.69, 9.17) is 5.11 Å². The van der Waals surface area contributed by atoms with E-state index in [9.17, 15) is 14.7 Å². The quantitative estimate of drug-likeness (QED) is 0.789. The Labute approximate surface area is 127 Å². The van der Waals surface area contributed by atoms with Crippen molar-refractivity contribution in [3.63, 3.8) is 0 Å². The Kier molecular flexibility index (Phi) is 4.84. The molecular weight excluding hydrogens is 292 g/mol. The zero-order valence-electron chi connectivity index (χ0n) is 12.0. The number of β-amino-alcohol motifs (C(OH)–C–C–N with tert-alkyl or cyclic N) is 1. The van der Waals surface area contributed by atoms with Crippen LogP contribution in [-0.4, -0.2) is 45.8 Å². The average molecular weight is 312 g/mol. The van der Waals surface area contributed by atoms with Crippen LogP contribution in [0.15, 0.2) is 17.5 Å². The summed E-state index contributed by atoms with van der Waals surface area (Å²) in [4.78, 5) is 25.8. The standard InChI is InChI=1S/C14H20N2O4S/c1-8(2)12(11-4-3-5-21-11)15-14(20)16-7-9(17)6-10(16)13(18)19/h3-5,8-10,12,17H,6-7H2,1-2H3,(H,15,20)(H,18,19)/t9-,10+,12?/m1/s1. The van der Waals surface area contributed by atoms with Crippen LogP contribution in [0, 0.1) is 5.92 Å². The maximum atomic E-state index is 12.4. The number of carbonyl (C=O) groups is 2. The number of aliphatic hydroxyl groups excluding tert-OH is 1. The summed E-state index contributed by atoms with van der Waals surface area (Å²) in [5.41, 5.74) is 0. The molecular formula is C14H20N2O4S. The summed E-state index contributed by atoms with van der Waals surface area (Å²) in [6.45, 7) is 4.05. The molecule has 0 saturated carbocycles. The molecule has 2 rings (SSSR count). The number of rotatable bonds is 4. The summed E-state index contributed by atoms with van der Waals surface area (Å²) >= 11 is 1.55. The number of carboxylic acid groups (broad SMARTS) is 1. The molecule has 0 aromatic carbocycles. The van der Waals surface area contributed by atoms with Crippen LogP contribution in [0.25, 0.3) is 0 Å². The van der Waals surface area contributed by atoms with E-state index >= 15 is 0 Å². The lowest BCUT2D eigenvalue weighted by Crippen LogP contribution is -2.47.